The second-order valence-corrected chi connectivity index (χ2v) is 4.09. The molecule has 1 aromatic carbocycles. The Bertz CT molecular complexity index is 606. The zero-order chi connectivity index (χ0) is 11.7. The van der Waals surface area contributed by atoms with Crippen LogP contribution in [0.25, 0.3) is 5.69 Å². The average Bonchev–Trinajstić information content (AvgIpc) is 2.57. The molecule has 84 valence electrons. The topological polar surface area (TPSA) is 53.2 Å². The number of benzene rings is 1. The van der Waals surface area contributed by atoms with Crippen LogP contribution >= 0.6 is 11.5 Å². The van der Waals surface area contributed by atoms with E-state index in [0.717, 1.165) is 16.1 Å². The molecule has 0 bridgehead atoms. The summed E-state index contributed by atoms with van der Waals surface area (Å²) in [5.74, 6) is 0.708. The highest BCUT2D eigenvalue weighted by Crippen LogP contribution is 2.13. The molecule has 0 saturated heterocycles. The molecule has 5 nitrogen and oxygen atoms in total. The van der Waals surface area contributed by atoms with Crippen LogP contribution in [0, 0.1) is 0 Å². The lowest BCUT2D eigenvalue weighted by Crippen LogP contribution is -2.25. The highest BCUT2D eigenvalue weighted by atomic mass is 32.1. The van der Waals surface area contributed by atoms with E-state index >= 15 is 0 Å². The average molecular weight is 238 g/mol. The molecule has 0 aliphatic rings. The van der Waals surface area contributed by atoms with Crippen molar-refractivity contribution in [3.05, 3.63) is 44.4 Å². The lowest BCUT2D eigenvalue weighted by atomic mass is 10.3. The molecule has 0 fully saturated rings. The van der Waals surface area contributed by atoms with Crippen LogP contribution in [0.3, 0.4) is 0 Å². The first-order valence-corrected chi connectivity index (χ1v) is 5.34. The Hall–Kier alpha value is -1.82. The van der Waals surface area contributed by atoms with Gasteiger partial charge in [-0.05, 0) is 24.3 Å². The molecule has 0 amide bonds. The summed E-state index contributed by atoms with van der Waals surface area (Å²) in [7, 11) is 3.03. The summed E-state index contributed by atoms with van der Waals surface area (Å²) in [4.78, 5) is 22.7. The fourth-order valence-electron chi connectivity index (χ4n) is 1.27. The Morgan fingerprint density at radius 2 is 1.81 bits per heavy atom. The van der Waals surface area contributed by atoms with Gasteiger partial charge in [-0.3, -0.25) is 9.36 Å². The third-order valence-corrected chi connectivity index (χ3v) is 3.19. The molecule has 2 rings (SSSR count). The molecule has 0 saturated carbocycles. The molecule has 1 aromatic heterocycles. The monoisotopic (exact) mass is 238 g/mol. The minimum Gasteiger partial charge on any atom is -0.497 e. The quantitative estimate of drug-likeness (QED) is 0.770. The van der Waals surface area contributed by atoms with Crippen molar-refractivity contribution < 1.29 is 4.74 Å². The Morgan fingerprint density at radius 3 is 2.25 bits per heavy atom. The summed E-state index contributed by atoms with van der Waals surface area (Å²) in [6.45, 7) is 0. The summed E-state index contributed by atoms with van der Waals surface area (Å²) < 4.78 is 7.44. The fourth-order valence-corrected chi connectivity index (χ4v) is 2.06. The number of hydrogen-bond donors (Lipinski definition) is 0. The van der Waals surface area contributed by atoms with Crippen LogP contribution < -0.4 is 15.3 Å². The van der Waals surface area contributed by atoms with E-state index in [-0.39, 0.29) is 10.6 Å². The third kappa shape index (κ3) is 1.67. The van der Waals surface area contributed by atoms with Gasteiger partial charge in [0.15, 0.2) is 0 Å². The van der Waals surface area contributed by atoms with Crippen molar-refractivity contribution in [1.29, 1.82) is 0 Å². The van der Waals surface area contributed by atoms with E-state index < -0.39 is 0 Å². The van der Waals surface area contributed by atoms with Crippen LogP contribution in [0.15, 0.2) is 33.9 Å². The zero-order valence-corrected chi connectivity index (χ0v) is 9.65. The highest BCUT2D eigenvalue weighted by molar-refractivity contribution is 7.03. The van der Waals surface area contributed by atoms with Gasteiger partial charge in [-0.25, -0.2) is 8.75 Å². The number of nitrogens with zero attached hydrogens (tertiary/aromatic N) is 2. The van der Waals surface area contributed by atoms with Gasteiger partial charge < -0.3 is 4.74 Å². The van der Waals surface area contributed by atoms with Crippen LogP contribution in [0.1, 0.15) is 0 Å². The zero-order valence-electron chi connectivity index (χ0n) is 8.84. The van der Waals surface area contributed by atoms with E-state index in [1.807, 2.05) is 0 Å². The number of methoxy groups -OCH3 is 1. The van der Waals surface area contributed by atoms with E-state index in [2.05, 4.69) is 0 Å². The van der Waals surface area contributed by atoms with E-state index in [1.54, 1.807) is 31.4 Å². The van der Waals surface area contributed by atoms with Crippen molar-refractivity contribution in [2.24, 2.45) is 7.05 Å². The first kappa shape index (κ1) is 10.7. The van der Waals surface area contributed by atoms with Gasteiger partial charge in [-0.1, -0.05) is 0 Å². The summed E-state index contributed by atoms with van der Waals surface area (Å²) >= 11 is 0.878. The molecule has 0 aliphatic carbocycles. The molecule has 0 spiro atoms. The predicted octanol–water partition coefficient (Wildman–Crippen LogP) is 0.606. The molecular weight excluding hydrogens is 228 g/mol. The first-order chi connectivity index (χ1) is 7.63. The molecule has 0 radical (unpaired) electrons. The molecule has 6 heteroatoms. The van der Waals surface area contributed by atoms with Crippen molar-refractivity contribution in [3.8, 4) is 11.4 Å². The van der Waals surface area contributed by atoms with Crippen LogP contribution in [-0.2, 0) is 7.05 Å². The van der Waals surface area contributed by atoms with Gasteiger partial charge in [-0.2, -0.15) is 0 Å². The van der Waals surface area contributed by atoms with Crippen LogP contribution in [0.2, 0.25) is 0 Å². The predicted molar refractivity (Wildman–Crippen MR) is 61.7 cm³/mol. The van der Waals surface area contributed by atoms with Gasteiger partial charge >= 0.3 is 10.6 Å². The van der Waals surface area contributed by atoms with Crippen molar-refractivity contribution >= 4 is 11.5 Å². The van der Waals surface area contributed by atoms with Crippen LogP contribution in [-0.4, -0.2) is 15.6 Å². The maximum Gasteiger partial charge on any atom is 0.345 e. The molecule has 1 heterocycles. The Morgan fingerprint density at radius 1 is 1.19 bits per heavy atom. The summed E-state index contributed by atoms with van der Waals surface area (Å²) in [5, 5.41) is 0. The standard InChI is InChI=1S/C10H10N2O3S/c1-11-9(13)12(16-10(11)14)7-3-5-8(15-2)6-4-7/h3-6H,1-2H3. The maximum atomic E-state index is 11.6. The SMILES string of the molecule is COc1ccc(-n2sc(=O)n(C)c2=O)cc1. The summed E-state index contributed by atoms with van der Waals surface area (Å²) in [6, 6.07) is 6.95. The van der Waals surface area contributed by atoms with Gasteiger partial charge in [0.2, 0.25) is 0 Å². The van der Waals surface area contributed by atoms with Crippen molar-refractivity contribution in [3.63, 3.8) is 0 Å². The second-order valence-electron chi connectivity index (χ2n) is 3.19. The normalized spacial score (nSPS) is 10.4. The lowest BCUT2D eigenvalue weighted by Gasteiger charge is -2.01. The minimum absolute atomic E-state index is 0.277. The molecule has 2 aromatic rings. The molecular formula is C10H10N2O3S. The van der Waals surface area contributed by atoms with Crippen molar-refractivity contribution in [2.75, 3.05) is 7.11 Å². The van der Waals surface area contributed by atoms with Gasteiger partial charge in [-0.15, -0.1) is 0 Å². The molecule has 0 N–H and O–H groups in total. The van der Waals surface area contributed by atoms with E-state index in [1.165, 1.54) is 11.0 Å². The van der Waals surface area contributed by atoms with E-state index in [0.29, 0.717) is 11.4 Å². The second kappa shape index (κ2) is 3.97. The number of ether oxygens (including phenoxy) is 1. The van der Waals surface area contributed by atoms with Gasteiger partial charge in [0.05, 0.1) is 12.8 Å². The molecule has 0 aliphatic heterocycles. The number of aromatic nitrogens is 2. The largest absolute Gasteiger partial charge is 0.497 e. The van der Waals surface area contributed by atoms with Crippen LogP contribution in [0.4, 0.5) is 0 Å². The summed E-state index contributed by atoms with van der Waals surface area (Å²) in [5.41, 5.74) is 0.327. The smallest absolute Gasteiger partial charge is 0.345 e. The van der Waals surface area contributed by atoms with E-state index in [4.69, 9.17) is 4.74 Å². The van der Waals surface area contributed by atoms with E-state index in [9.17, 15) is 9.59 Å². The highest BCUT2D eigenvalue weighted by Gasteiger charge is 2.07. The Kier molecular flexibility index (Phi) is 2.66. The van der Waals surface area contributed by atoms with Crippen molar-refractivity contribution in [2.45, 2.75) is 0 Å². The molecule has 16 heavy (non-hydrogen) atoms. The maximum absolute atomic E-state index is 11.6. The van der Waals surface area contributed by atoms with Gasteiger partial charge in [0.25, 0.3) is 0 Å². The minimum atomic E-state index is -0.333. The van der Waals surface area contributed by atoms with Crippen LogP contribution in [0.5, 0.6) is 5.75 Å². The third-order valence-electron chi connectivity index (χ3n) is 2.21. The first-order valence-electron chi connectivity index (χ1n) is 4.57. The van der Waals surface area contributed by atoms with Crippen molar-refractivity contribution in [1.82, 2.24) is 8.52 Å². The van der Waals surface area contributed by atoms with Gasteiger partial charge in [0, 0.05) is 18.6 Å². The lowest BCUT2D eigenvalue weighted by molar-refractivity contribution is 0.415. The Labute approximate surface area is 95.3 Å². The number of rotatable bonds is 2. The summed E-state index contributed by atoms with van der Waals surface area (Å²) in [6.07, 6.45) is 0. The molecule has 0 atom stereocenters. The molecule has 0 unspecified atom stereocenters. The fraction of sp³-hybridized carbons (Fsp3) is 0.200. The Balaban J connectivity index is 2.55. The number of hydrogen-bond acceptors (Lipinski definition) is 4. The van der Waals surface area contributed by atoms with Gasteiger partial charge in [0.1, 0.15) is 5.75 Å².